The van der Waals surface area contributed by atoms with Gasteiger partial charge >= 0.3 is 0 Å². The Morgan fingerprint density at radius 2 is 2.40 bits per heavy atom. The molecule has 0 aliphatic rings. The maximum atomic E-state index is 11.3. The van der Waals surface area contributed by atoms with Gasteiger partial charge in [0.2, 0.25) is 5.91 Å². The maximum absolute atomic E-state index is 11.3. The Hall–Kier alpha value is -1.90. The van der Waals surface area contributed by atoms with Crippen LogP contribution in [-0.4, -0.2) is 23.7 Å². The Morgan fingerprint density at radius 3 is 3.00 bits per heavy atom. The normalized spacial score (nSPS) is 11.5. The zero-order valence-corrected chi connectivity index (χ0v) is 7.97. The number of rotatable bonds is 3. The fraction of sp³-hybridized carbons (Fsp3) is 0.200. The predicted octanol–water partition coefficient (Wildman–Crippen LogP) is -0.184. The molecule has 5 heteroatoms. The molecule has 0 heterocycles. The van der Waals surface area contributed by atoms with Crippen LogP contribution in [0.1, 0.15) is 5.56 Å². The average molecular weight is 205 g/mol. The highest BCUT2D eigenvalue weighted by Gasteiger charge is 2.11. The summed E-state index contributed by atoms with van der Waals surface area (Å²) >= 11 is 0. The molecule has 1 unspecified atom stereocenters. The number of anilines is 1. The monoisotopic (exact) mass is 205 g/mol. The quantitative estimate of drug-likeness (QED) is 0.637. The molecule has 0 bridgehead atoms. The molecule has 1 amide bonds. The second kappa shape index (κ2) is 5.10. The van der Waals surface area contributed by atoms with Crippen LogP contribution in [0.3, 0.4) is 0 Å². The molecule has 0 aliphatic heterocycles. The highest BCUT2D eigenvalue weighted by molar-refractivity contribution is 5.94. The molecule has 5 nitrogen and oxygen atoms in total. The van der Waals surface area contributed by atoms with Gasteiger partial charge in [0, 0.05) is 5.69 Å². The highest BCUT2D eigenvalue weighted by atomic mass is 16.3. The van der Waals surface area contributed by atoms with Crippen LogP contribution in [0.15, 0.2) is 24.3 Å². The van der Waals surface area contributed by atoms with Gasteiger partial charge in [-0.1, -0.05) is 6.07 Å². The average Bonchev–Trinajstić information content (AvgIpc) is 2.28. The van der Waals surface area contributed by atoms with Crippen molar-refractivity contribution in [1.82, 2.24) is 0 Å². The van der Waals surface area contributed by atoms with E-state index in [-0.39, 0.29) is 0 Å². The van der Waals surface area contributed by atoms with Crippen LogP contribution in [0.5, 0.6) is 0 Å². The molecule has 0 aliphatic carbocycles. The van der Waals surface area contributed by atoms with E-state index in [2.05, 4.69) is 5.32 Å². The smallest absolute Gasteiger partial charge is 0.243 e. The lowest BCUT2D eigenvalue weighted by Crippen LogP contribution is -2.38. The van der Waals surface area contributed by atoms with E-state index in [9.17, 15) is 4.79 Å². The summed E-state index contributed by atoms with van der Waals surface area (Å²) in [5, 5.41) is 19.8. The Balaban J connectivity index is 2.73. The van der Waals surface area contributed by atoms with Crippen molar-refractivity contribution in [3.63, 3.8) is 0 Å². The molecule has 1 rings (SSSR count). The van der Waals surface area contributed by atoms with Crippen LogP contribution in [0.4, 0.5) is 5.69 Å². The van der Waals surface area contributed by atoms with Gasteiger partial charge in [0.15, 0.2) is 0 Å². The van der Waals surface area contributed by atoms with Crippen LogP contribution in [0.25, 0.3) is 0 Å². The Bertz CT molecular complexity index is 398. The van der Waals surface area contributed by atoms with E-state index in [4.69, 9.17) is 16.1 Å². The molecule has 1 aromatic rings. The van der Waals surface area contributed by atoms with Gasteiger partial charge in [-0.2, -0.15) is 5.26 Å². The number of nitrogens with one attached hydrogen (secondary N) is 1. The number of carbonyl (C=O) groups excluding carboxylic acids is 1. The fourth-order valence-corrected chi connectivity index (χ4v) is 0.984. The molecular weight excluding hydrogens is 194 g/mol. The number of aliphatic hydroxyl groups excluding tert-OH is 1. The van der Waals surface area contributed by atoms with Crippen molar-refractivity contribution in [2.45, 2.75) is 6.04 Å². The van der Waals surface area contributed by atoms with E-state index < -0.39 is 18.6 Å². The Labute approximate surface area is 87.1 Å². The summed E-state index contributed by atoms with van der Waals surface area (Å²) in [6, 6.07) is 7.45. The lowest BCUT2D eigenvalue weighted by Gasteiger charge is -2.09. The van der Waals surface area contributed by atoms with Crippen molar-refractivity contribution in [2.24, 2.45) is 5.73 Å². The van der Waals surface area contributed by atoms with Gasteiger partial charge < -0.3 is 16.2 Å². The zero-order chi connectivity index (χ0) is 11.3. The minimum atomic E-state index is -0.948. The van der Waals surface area contributed by atoms with Gasteiger partial charge in [0.25, 0.3) is 0 Å². The number of amides is 1. The SMILES string of the molecule is N#Cc1cccc(NC(=O)C(N)CO)c1. The molecule has 0 aromatic heterocycles. The largest absolute Gasteiger partial charge is 0.394 e. The molecule has 4 N–H and O–H groups in total. The van der Waals surface area contributed by atoms with Crippen LogP contribution < -0.4 is 11.1 Å². The van der Waals surface area contributed by atoms with E-state index in [1.807, 2.05) is 6.07 Å². The fourth-order valence-electron chi connectivity index (χ4n) is 0.984. The number of aliphatic hydroxyl groups is 1. The first-order valence-corrected chi connectivity index (χ1v) is 4.35. The number of hydrogen-bond acceptors (Lipinski definition) is 4. The predicted molar refractivity (Wildman–Crippen MR) is 54.8 cm³/mol. The zero-order valence-electron chi connectivity index (χ0n) is 7.97. The van der Waals surface area contributed by atoms with Crippen molar-refractivity contribution < 1.29 is 9.90 Å². The lowest BCUT2D eigenvalue weighted by molar-refractivity contribution is -0.118. The summed E-state index contributed by atoms with van der Waals surface area (Å²) in [4.78, 5) is 11.3. The Kier molecular flexibility index (Phi) is 3.80. The summed E-state index contributed by atoms with van der Waals surface area (Å²) in [6.45, 7) is -0.413. The molecule has 0 saturated carbocycles. The Morgan fingerprint density at radius 1 is 1.67 bits per heavy atom. The molecule has 0 saturated heterocycles. The molecular formula is C10H11N3O2. The standard InChI is InChI=1S/C10H11N3O2/c11-5-7-2-1-3-8(4-7)13-10(15)9(12)6-14/h1-4,9,14H,6,12H2,(H,13,15). The summed E-state index contributed by atoms with van der Waals surface area (Å²) in [6.07, 6.45) is 0. The maximum Gasteiger partial charge on any atom is 0.243 e. The number of carbonyl (C=O) groups is 1. The summed E-state index contributed by atoms with van der Waals surface area (Å²) in [5.74, 6) is -0.479. The summed E-state index contributed by atoms with van der Waals surface area (Å²) in [5.41, 5.74) is 6.25. The second-order valence-electron chi connectivity index (χ2n) is 2.97. The van der Waals surface area contributed by atoms with E-state index in [1.165, 1.54) is 6.07 Å². The number of nitrogens with two attached hydrogens (primary N) is 1. The summed E-state index contributed by atoms with van der Waals surface area (Å²) < 4.78 is 0. The molecule has 0 spiro atoms. The van der Waals surface area contributed by atoms with Gasteiger partial charge in [-0.15, -0.1) is 0 Å². The number of hydrogen-bond donors (Lipinski definition) is 3. The first kappa shape index (κ1) is 11.2. The van der Waals surface area contributed by atoms with Crippen molar-refractivity contribution in [3.8, 4) is 6.07 Å². The minimum absolute atomic E-state index is 0.413. The van der Waals surface area contributed by atoms with Crippen LogP contribution in [0.2, 0.25) is 0 Å². The van der Waals surface area contributed by atoms with Crippen LogP contribution in [-0.2, 0) is 4.79 Å². The van der Waals surface area contributed by atoms with Crippen LogP contribution in [0, 0.1) is 11.3 Å². The number of benzene rings is 1. The third kappa shape index (κ3) is 3.06. The van der Waals surface area contributed by atoms with Crippen molar-refractivity contribution >= 4 is 11.6 Å². The van der Waals surface area contributed by atoms with E-state index in [0.29, 0.717) is 11.3 Å². The molecule has 0 radical (unpaired) electrons. The van der Waals surface area contributed by atoms with Gasteiger partial charge in [-0.05, 0) is 18.2 Å². The van der Waals surface area contributed by atoms with Gasteiger partial charge in [-0.3, -0.25) is 4.79 Å². The number of nitriles is 1. The first-order valence-electron chi connectivity index (χ1n) is 4.35. The van der Waals surface area contributed by atoms with Gasteiger partial charge in [-0.25, -0.2) is 0 Å². The topological polar surface area (TPSA) is 99.1 Å². The number of nitrogens with zero attached hydrogens (tertiary/aromatic N) is 1. The van der Waals surface area contributed by atoms with Gasteiger partial charge in [0.05, 0.1) is 18.2 Å². The van der Waals surface area contributed by atoms with Crippen molar-refractivity contribution in [2.75, 3.05) is 11.9 Å². The highest BCUT2D eigenvalue weighted by Crippen LogP contribution is 2.09. The second-order valence-corrected chi connectivity index (χ2v) is 2.97. The molecule has 0 fully saturated rings. The van der Waals surface area contributed by atoms with E-state index in [0.717, 1.165) is 0 Å². The van der Waals surface area contributed by atoms with Crippen molar-refractivity contribution in [1.29, 1.82) is 5.26 Å². The summed E-state index contributed by atoms with van der Waals surface area (Å²) in [7, 11) is 0. The lowest BCUT2D eigenvalue weighted by atomic mass is 10.2. The first-order chi connectivity index (χ1) is 7.17. The molecule has 15 heavy (non-hydrogen) atoms. The van der Waals surface area contributed by atoms with Crippen molar-refractivity contribution in [3.05, 3.63) is 29.8 Å². The molecule has 78 valence electrons. The van der Waals surface area contributed by atoms with Crippen LogP contribution >= 0.6 is 0 Å². The van der Waals surface area contributed by atoms with E-state index >= 15 is 0 Å². The third-order valence-electron chi connectivity index (χ3n) is 1.79. The third-order valence-corrected chi connectivity index (χ3v) is 1.79. The van der Waals surface area contributed by atoms with Gasteiger partial charge in [0.1, 0.15) is 6.04 Å². The molecule has 1 atom stereocenters. The minimum Gasteiger partial charge on any atom is -0.394 e. The molecule has 1 aromatic carbocycles. The van der Waals surface area contributed by atoms with E-state index in [1.54, 1.807) is 18.2 Å².